The van der Waals surface area contributed by atoms with Crippen LogP contribution < -0.4 is 5.32 Å². The minimum Gasteiger partial charge on any atom is -0.313 e. The predicted octanol–water partition coefficient (Wildman–Crippen LogP) is 1.67. The Morgan fingerprint density at radius 1 is 1.46 bits per heavy atom. The van der Waals surface area contributed by atoms with Gasteiger partial charge in [-0.1, -0.05) is 19.1 Å². The number of fused-ring (bicyclic) bond motifs is 1. The lowest BCUT2D eigenvalue weighted by atomic mass is 10.2. The first kappa shape index (κ1) is 8.26. The average Bonchev–Trinajstić information content (AvgIpc) is 2.61. The van der Waals surface area contributed by atoms with Crippen molar-refractivity contribution in [2.24, 2.45) is 0 Å². The molecule has 0 aliphatic rings. The molecular weight excluding hydrogens is 162 g/mol. The number of aromatic amines is 1. The minimum atomic E-state index is 0.922. The fraction of sp³-hybridized carbons (Fsp3) is 0.300. The molecule has 3 nitrogen and oxygen atoms in total. The molecule has 1 aromatic carbocycles. The van der Waals surface area contributed by atoms with Crippen molar-refractivity contribution < 1.29 is 0 Å². The van der Waals surface area contributed by atoms with Crippen molar-refractivity contribution in [3.63, 3.8) is 0 Å². The Bertz CT molecular complexity index is 392. The van der Waals surface area contributed by atoms with Gasteiger partial charge in [-0.2, -0.15) is 5.10 Å². The molecule has 0 atom stereocenters. The van der Waals surface area contributed by atoms with E-state index >= 15 is 0 Å². The molecule has 2 N–H and O–H groups in total. The van der Waals surface area contributed by atoms with Crippen LogP contribution in [0.25, 0.3) is 10.9 Å². The topological polar surface area (TPSA) is 40.7 Å². The van der Waals surface area contributed by atoms with E-state index in [-0.39, 0.29) is 0 Å². The summed E-state index contributed by atoms with van der Waals surface area (Å²) < 4.78 is 0. The summed E-state index contributed by atoms with van der Waals surface area (Å²) in [6, 6.07) is 6.34. The highest BCUT2D eigenvalue weighted by Crippen LogP contribution is 2.12. The smallest absolute Gasteiger partial charge is 0.0653 e. The molecule has 1 heterocycles. The van der Waals surface area contributed by atoms with Crippen molar-refractivity contribution in [3.8, 4) is 0 Å². The van der Waals surface area contributed by atoms with E-state index in [2.05, 4.69) is 40.6 Å². The molecule has 0 unspecified atom stereocenters. The maximum absolute atomic E-state index is 3.98. The molecule has 0 aliphatic carbocycles. The first-order chi connectivity index (χ1) is 6.40. The highest BCUT2D eigenvalue weighted by molar-refractivity contribution is 5.78. The van der Waals surface area contributed by atoms with Crippen LogP contribution in [0.5, 0.6) is 0 Å². The van der Waals surface area contributed by atoms with Crippen molar-refractivity contribution in [3.05, 3.63) is 30.0 Å². The Labute approximate surface area is 77.2 Å². The zero-order valence-electron chi connectivity index (χ0n) is 7.67. The molecule has 0 amide bonds. The SMILES string of the molecule is CCNCc1ccc2cn[nH]c2c1. The van der Waals surface area contributed by atoms with Gasteiger partial charge in [0.1, 0.15) is 0 Å². The highest BCUT2D eigenvalue weighted by Gasteiger charge is 1.96. The Balaban J connectivity index is 2.26. The van der Waals surface area contributed by atoms with Crippen LogP contribution in [0.2, 0.25) is 0 Å². The van der Waals surface area contributed by atoms with Gasteiger partial charge in [-0.15, -0.1) is 0 Å². The number of hydrogen-bond donors (Lipinski definition) is 2. The molecule has 68 valence electrons. The second-order valence-electron chi connectivity index (χ2n) is 3.07. The van der Waals surface area contributed by atoms with Crippen LogP contribution in [0, 0.1) is 0 Å². The van der Waals surface area contributed by atoms with Crippen LogP contribution in [-0.2, 0) is 6.54 Å². The summed E-state index contributed by atoms with van der Waals surface area (Å²) >= 11 is 0. The molecule has 0 saturated heterocycles. The van der Waals surface area contributed by atoms with E-state index in [1.807, 2.05) is 6.20 Å². The van der Waals surface area contributed by atoms with E-state index in [4.69, 9.17) is 0 Å². The van der Waals surface area contributed by atoms with Crippen molar-refractivity contribution in [1.82, 2.24) is 15.5 Å². The third-order valence-corrected chi connectivity index (χ3v) is 2.09. The van der Waals surface area contributed by atoms with Crippen molar-refractivity contribution in [2.75, 3.05) is 6.54 Å². The Morgan fingerprint density at radius 2 is 2.38 bits per heavy atom. The van der Waals surface area contributed by atoms with Gasteiger partial charge in [-0.3, -0.25) is 5.10 Å². The lowest BCUT2D eigenvalue weighted by Gasteiger charge is -2.01. The standard InChI is InChI=1S/C10H13N3/c1-2-11-6-8-3-4-9-7-12-13-10(9)5-8/h3-5,7,11H,2,6H2,1H3,(H,12,13). The quantitative estimate of drug-likeness (QED) is 0.745. The number of nitrogens with one attached hydrogen (secondary N) is 2. The van der Waals surface area contributed by atoms with Crippen molar-refractivity contribution >= 4 is 10.9 Å². The molecule has 0 aliphatic heterocycles. The predicted molar refractivity (Wildman–Crippen MR) is 53.5 cm³/mol. The third kappa shape index (κ3) is 1.70. The molecule has 0 radical (unpaired) electrons. The number of nitrogens with zero attached hydrogens (tertiary/aromatic N) is 1. The Morgan fingerprint density at radius 3 is 3.23 bits per heavy atom. The number of H-pyrrole nitrogens is 1. The second-order valence-corrected chi connectivity index (χ2v) is 3.07. The van der Waals surface area contributed by atoms with Gasteiger partial charge in [0.05, 0.1) is 11.7 Å². The van der Waals surface area contributed by atoms with Crippen LogP contribution in [-0.4, -0.2) is 16.7 Å². The second kappa shape index (κ2) is 3.58. The molecule has 0 bridgehead atoms. The van der Waals surface area contributed by atoms with Crippen LogP contribution >= 0.6 is 0 Å². The number of benzene rings is 1. The van der Waals surface area contributed by atoms with Gasteiger partial charge in [0.25, 0.3) is 0 Å². The van der Waals surface area contributed by atoms with Crippen LogP contribution in [0.15, 0.2) is 24.4 Å². The molecule has 0 fully saturated rings. The van der Waals surface area contributed by atoms with Gasteiger partial charge in [0, 0.05) is 11.9 Å². The summed E-state index contributed by atoms with van der Waals surface area (Å²) in [4.78, 5) is 0. The summed E-state index contributed by atoms with van der Waals surface area (Å²) in [6.07, 6.45) is 1.84. The summed E-state index contributed by atoms with van der Waals surface area (Å²) in [7, 11) is 0. The van der Waals surface area contributed by atoms with Crippen LogP contribution in [0.1, 0.15) is 12.5 Å². The largest absolute Gasteiger partial charge is 0.313 e. The van der Waals surface area contributed by atoms with E-state index < -0.39 is 0 Å². The van der Waals surface area contributed by atoms with E-state index in [0.29, 0.717) is 0 Å². The molecule has 0 saturated carbocycles. The lowest BCUT2D eigenvalue weighted by molar-refractivity contribution is 0.727. The van der Waals surface area contributed by atoms with Crippen LogP contribution in [0.3, 0.4) is 0 Å². The van der Waals surface area contributed by atoms with Gasteiger partial charge >= 0.3 is 0 Å². The van der Waals surface area contributed by atoms with Gasteiger partial charge in [-0.25, -0.2) is 0 Å². The number of rotatable bonds is 3. The van der Waals surface area contributed by atoms with Gasteiger partial charge in [-0.05, 0) is 18.2 Å². The molecule has 2 aromatic rings. The molecular formula is C10H13N3. The third-order valence-electron chi connectivity index (χ3n) is 2.09. The lowest BCUT2D eigenvalue weighted by Crippen LogP contribution is -2.11. The number of hydrogen-bond acceptors (Lipinski definition) is 2. The Hall–Kier alpha value is -1.35. The molecule has 0 spiro atoms. The first-order valence-electron chi connectivity index (χ1n) is 4.53. The first-order valence-corrected chi connectivity index (χ1v) is 4.53. The zero-order chi connectivity index (χ0) is 9.10. The zero-order valence-corrected chi connectivity index (χ0v) is 7.67. The summed E-state index contributed by atoms with van der Waals surface area (Å²) in [5.74, 6) is 0. The van der Waals surface area contributed by atoms with Crippen LogP contribution in [0.4, 0.5) is 0 Å². The maximum Gasteiger partial charge on any atom is 0.0653 e. The fourth-order valence-corrected chi connectivity index (χ4v) is 1.36. The van der Waals surface area contributed by atoms with E-state index in [0.717, 1.165) is 18.6 Å². The molecule has 13 heavy (non-hydrogen) atoms. The van der Waals surface area contributed by atoms with Gasteiger partial charge in [0.15, 0.2) is 0 Å². The summed E-state index contributed by atoms with van der Waals surface area (Å²) in [6.45, 7) is 4.03. The highest BCUT2D eigenvalue weighted by atomic mass is 15.1. The summed E-state index contributed by atoms with van der Waals surface area (Å²) in [5.41, 5.74) is 2.40. The van der Waals surface area contributed by atoms with E-state index in [1.165, 1.54) is 10.9 Å². The van der Waals surface area contributed by atoms with Gasteiger partial charge in [0.2, 0.25) is 0 Å². The minimum absolute atomic E-state index is 0.922. The Kier molecular flexibility index (Phi) is 2.27. The van der Waals surface area contributed by atoms with Crippen molar-refractivity contribution in [2.45, 2.75) is 13.5 Å². The maximum atomic E-state index is 3.98. The molecule has 2 rings (SSSR count). The van der Waals surface area contributed by atoms with E-state index in [1.54, 1.807) is 0 Å². The van der Waals surface area contributed by atoms with Crippen molar-refractivity contribution in [1.29, 1.82) is 0 Å². The normalized spacial score (nSPS) is 10.8. The fourth-order valence-electron chi connectivity index (χ4n) is 1.36. The summed E-state index contributed by atoms with van der Waals surface area (Å²) in [5, 5.41) is 11.4. The average molecular weight is 175 g/mol. The number of aromatic nitrogens is 2. The molecule has 3 heteroatoms. The molecule has 1 aromatic heterocycles. The van der Waals surface area contributed by atoms with E-state index in [9.17, 15) is 0 Å². The monoisotopic (exact) mass is 175 g/mol. The van der Waals surface area contributed by atoms with Gasteiger partial charge < -0.3 is 5.32 Å².